The Balaban J connectivity index is 1.70. The lowest BCUT2D eigenvalue weighted by Crippen LogP contribution is -2.42. The van der Waals surface area contributed by atoms with Crippen molar-refractivity contribution in [2.45, 2.75) is 38.2 Å². The van der Waals surface area contributed by atoms with E-state index in [0.717, 1.165) is 57.5 Å². The molecule has 1 aromatic rings. The van der Waals surface area contributed by atoms with Gasteiger partial charge in [-0.05, 0) is 24.8 Å². The molecule has 22 heavy (non-hydrogen) atoms. The van der Waals surface area contributed by atoms with Gasteiger partial charge in [-0.2, -0.15) is 0 Å². The average Bonchev–Trinajstić information content (AvgIpc) is 2.57. The van der Waals surface area contributed by atoms with Gasteiger partial charge in [0.05, 0.1) is 12.1 Å². The van der Waals surface area contributed by atoms with Crippen LogP contribution in [0.15, 0.2) is 30.3 Å². The van der Waals surface area contributed by atoms with E-state index in [1.807, 2.05) is 30.3 Å². The molecule has 0 spiro atoms. The smallest absolute Gasteiger partial charge is 0.107 e. The van der Waals surface area contributed by atoms with Crippen molar-refractivity contribution in [3.8, 4) is 11.8 Å². The molecule has 1 aromatic carbocycles. The topological polar surface area (TPSA) is 32.7 Å². The lowest BCUT2D eigenvalue weighted by molar-refractivity contribution is -0.0230. The minimum atomic E-state index is -0.672. The van der Waals surface area contributed by atoms with E-state index in [1.165, 1.54) is 0 Å². The predicted molar refractivity (Wildman–Crippen MR) is 89.5 cm³/mol. The molecule has 3 nitrogen and oxygen atoms in total. The van der Waals surface area contributed by atoms with Crippen molar-refractivity contribution in [3.63, 3.8) is 0 Å². The molecule has 0 radical (unpaired) electrons. The van der Waals surface area contributed by atoms with E-state index in [0.29, 0.717) is 6.61 Å². The zero-order chi connectivity index (χ0) is 15.7. The second kappa shape index (κ2) is 8.95. The molecular formula is C19H27NO2. The molecule has 1 fully saturated rings. The number of piperidine rings is 1. The maximum absolute atomic E-state index is 10.8. The van der Waals surface area contributed by atoms with Gasteiger partial charge in [0.1, 0.15) is 6.61 Å². The Labute approximate surface area is 134 Å². The molecule has 1 aliphatic rings. The van der Waals surface area contributed by atoms with Crippen LogP contribution in [0.4, 0.5) is 0 Å². The maximum Gasteiger partial charge on any atom is 0.107 e. The van der Waals surface area contributed by atoms with Gasteiger partial charge in [-0.15, -0.1) is 0 Å². The third-order valence-corrected chi connectivity index (χ3v) is 4.24. The molecule has 0 atom stereocenters. The van der Waals surface area contributed by atoms with Gasteiger partial charge < -0.3 is 9.84 Å². The predicted octanol–water partition coefficient (Wildman–Crippen LogP) is 2.79. The molecule has 3 heteroatoms. The number of likely N-dealkylation sites (tertiary alicyclic amines) is 1. The van der Waals surface area contributed by atoms with Crippen molar-refractivity contribution in [1.82, 2.24) is 4.90 Å². The molecule has 0 saturated carbocycles. The second-order valence-corrected chi connectivity index (χ2v) is 5.93. The first-order valence-electron chi connectivity index (χ1n) is 8.28. The third-order valence-electron chi connectivity index (χ3n) is 4.24. The van der Waals surface area contributed by atoms with Crippen LogP contribution >= 0.6 is 0 Å². The summed E-state index contributed by atoms with van der Waals surface area (Å²) in [6.45, 7) is 6.03. The van der Waals surface area contributed by atoms with E-state index >= 15 is 0 Å². The summed E-state index contributed by atoms with van der Waals surface area (Å²) in [6.07, 6.45) is 3.80. The first-order chi connectivity index (χ1) is 10.7. The zero-order valence-electron chi connectivity index (χ0n) is 13.6. The summed E-state index contributed by atoms with van der Waals surface area (Å²) < 4.78 is 5.42. The molecule has 0 aromatic heterocycles. The van der Waals surface area contributed by atoms with Gasteiger partial charge in [-0.1, -0.05) is 55.5 Å². The Bertz CT molecular complexity index is 481. The van der Waals surface area contributed by atoms with Crippen molar-refractivity contribution in [3.05, 3.63) is 35.9 Å². The number of hydrogen-bond donors (Lipinski definition) is 1. The van der Waals surface area contributed by atoms with E-state index in [9.17, 15) is 5.11 Å². The quantitative estimate of drug-likeness (QED) is 0.648. The van der Waals surface area contributed by atoms with E-state index < -0.39 is 5.60 Å². The first kappa shape index (κ1) is 17.0. The van der Waals surface area contributed by atoms with E-state index in [2.05, 4.69) is 23.7 Å². The van der Waals surface area contributed by atoms with Gasteiger partial charge in [0.25, 0.3) is 0 Å². The van der Waals surface area contributed by atoms with E-state index in [4.69, 9.17) is 4.74 Å². The number of ether oxygens (including phenoxy) is 1. The van der Waals surface area contributed by atoms with Crippen molar-refractivity contribution < 1.29 is 9.84 Å². The van der Waals surface area contributed by atoms with Crippen LogP contribution < -0.4 is 0 Å². The SMILES string of the molecule is CCCCOCC#CCN1CCC(O)(c2ccccc2)CC1. The fourth-order valence-corrected chi connectivity index (χ4v) is 2.71. The Hall–Kier alpha value is -1.34. The van der Waals surface area contributed by atoms with E-state index in [-0.39, 0.29) is 0 Å². The Kier molecular flexibility index (Phi) is 6.92. The maximum atomic E-state index is 10.8. The number of hydrogen-bond acceptors (Lipinski definition) is 3. The highest BCUT2D eigenvalue weighted by Gasteiger charge is 2.33. The van der Waals surface area contributed by atoms with Gasteiger partial charge in [0, 0.05) is 19.7 Å². The highest BCUT2D eigenvalue weighted by atomic mass is 16.5. The molecule has 0 aliphatic carbocycles. The summed E-state index contributed by atoms with van der Waals surface area (Å²) in [5.74, 6) is 6.24. The van der Waals surface area contributed by atoms with Crippen LogP contribution in [-0.4, -0.2) is 42.9 Å². The van der Waals surface area contributed by atoms with Crippen molar-refractivity contribution in [2.24, 2.45) is 0 Å². The first-order valence-corrected chi connectivity index (χ1v) is 8.28. The van der Waals surface area contributed by atoms with Crippen LogP contribution in [0.2, 0.25) is 0 Å². The van der Waals surface area contributed by atoms with Crippen LogP contribution in [0.25, 0.3) is 0 Å². The van der Waals surface area contributed by atoms with Crippen LogP contribution in [0.3, 0.4) is 0 Å². The van der Waals surface area contributed by atoms with Crippen LogP contribution in [-0.2, 0) is 10.3 Å². The summed E-state index contributed by atoms with van der Waals surface area (Å²) >= 11 is 0. The number of benzene rings is 1. The summed E-state index contributed by atoms with van der Waals surface area (Å²) in [5.41, 5.74) is 0.360. The molecule has 0 bridgehead atoms. The summed E-state index contributed by atoms with van der Waals surface area (Å²) in [5, 5.41) is 10.8. The largest absolute Gasteiger partial charge is 0.385 e. The fourth-order valence-electron chi connectivity index (χ4n) is 2.71. The number of nitrogens with zero attached hydrogens (tertiary/aromatic N) is 1. The Morgan fingerprint density at radius 3 is 2.59 bits per heavy atom. The van der Waals surface area contributed by atoms with Crippen molar-refractivity contribution in [2.75, 3.05) is 32.8 Å². The molecule has 0 unspecified atom stereocenters. The lowest BCUT2D eigenvalue weighted by atomic mass is 9.84. The van der Waals surface area contributed by atoms with Crippen molar-refractivity contribution >= 4 is 0 Å². The van der Waals surface area contributed by atoms with Crippen LogP contribution in [0, 0.1) is 11.8 Å². The Morgan fingerprint density at radius 1 is 1.18 bits per heavy atom. The third kappa shape index (κ3) is 5.14. The highest BCUT2D eigenvalue weighted by molar-refractivity contribution is 5.23. The normalized spacial score (nSPS) is 17.7. The van der Waals surface area contributed by atoms with E-state index in [1.54, 1.807) is 0 Å². The monoisotopic (exact) mass is 301 g/mol. The van der Waals surface area contributed by atoms with Crippen molar-refractivity contribution in [1.29, 1.82) is 0 Å². The minimum absolute atomic E-state index is 0.530. The van der Waals surface area contributed by atoms with Gasteiger partial charge in [-0.25, -0.2) is 0 Å². The summed E-state index contributed by atoms with van der Waals surface area (Å²) in [6, 6.07) is 10.00. The molecule has 1 heterocycles. The van der Waals surface area contributed by atoms with Gasteiger partial charge in [-0.3, -0.25) is 4.90 Å². The van der Waals surface area contributed by atoms with Crippen LogP contribution in [0.5, 0.6) is 0 Å². The molecular weight excluding hydrogens is 274 g/mol. The summed E-state index contributed by atoms with van der Waals surface area (Å²) in [4.78, 5) is 2.30. The number of rotatable bonds is 6. The van der Waals surface area contributed by atoms with Gasteiger partial charge in [0.2, 0.25) is 0 Å². The highest BCUT2D eigenvalue weighted by Crippen LogP contribution is 2.32. The Morgan fingerprint density at radius 2 is 1.91 bits per heavy atom. The number of unbranched alkanes of at least 4 members (excludes halogenated alkanes) is 1. The lowest BCUT2D eigenvalue weighted by Gasteiger charge is -2.37. The molecule has 0 amide bonds. The minimum Gasteiger partial charge on any atom is -0.385 e. The standard InChI is InChI=1S/C19H27NO2/c1-2-3-16-22-17-8-7-13-20-14-11-19(21,12-15-20)18-9-5-4-6-10-18/h4-6,9-10,21H,2-3,11-17H2,1H3. The second-order valence-electron chi connectivity index (χ2n) is 5.93. The molecule has 1 N–H and O–H groups in total. The average molecular weight is 301 g/mol. The molecule has 120 valence electrons. The number of aliphatic hydroxyl groups is 1. The molecule has 1 aliphatic heterocycles. The van der Waals surface area contributed by atoms with Gasteiger partial charge in [0.15, 0.2) is 0 Å². The van der Waals surface area contributed by atoms with Gasteiger partial charge >= 0.3 is 0 Å². The zero-order valence-corrected chi connectivity index (χ0v) is 13.6. The van der Waals surface area contributed by atoms with Crippen LogP contribution in [0.1, 0.15) is 38.2 Å². The fraction of sp³-hybridized carbons (Fsp3) is 0.579. The summed E-state index contributed by atoms with van der Waals surface area (Å²) in [7, 11) is 0. The molecule has 2 rings (SSSR count). The molecule has 1 saturated heterocycles.